The Kier molecular flexibility index (Phi) is 5.21. The van der Waals surface area contributed by atoms with E-state index in [0.29, 0.717) is 35.4 Å². The van der Waals surface area contributed by atoms with Gasteiger partial charge in [0, 0.05) is 24.9 Å². The van der Waals surface area contributed by atoms with Gasteiger partial charge in [-0.1, -0.05) is 17.7 Å². The number of ether oxygens (including phenoxy) is 3. The molecule has 28 heavy (non-hydrogen) atoms. The lowest BCUT2D eigenvalue weighted by Gasteiger charge is -2.09. The maximum absolute atomic E-state index is 12.1. The topological polar surface area (TPSA) is 62.1 Å². The Hall–Kier alpha value is -2.99. The Morgan fingerprint density at radius 3 is 3.04 bits per heavy atom. The van der Waals surface area contributed by atoms with Crippen LogP contribution in [0.3, 0.4) is 0 Å². The van der Waals surface area contributed by atoms with E-state index in [1.807, 2.05) is 35.9 Å². The van der Waals surface area contributed by atoms with Gasteiger partial charge in [-0.3, -0.25) is 0 Å². The first-order chi connectivity index (χ1) is 13.6. The van der Waals surface area contributed by atoms with E-state index in [1.165, 1.54) is 6.08 Å². The number of aromatic nitrogens is 2. The van der Waals surface area contributed by atoms with Crippen LogP contribution in [0.15, 0.2) is 42.7 Å². The number of pyridine rings is 1. The standard InChI is InChI=1S/C21H19ClN2O4/c1-14-3-5-19-23-16(12-24(19)11-14)13-28-20(25)6-4-15-9-17(22)21-18(10-15)26-7-2-8-27-21/h3-6,9-12H,2,7-8,13H2,1H3/b6-4+. The van der Waals surface area contributed by atoms with Crippen LogP contribution in [0.5, 0.6) is 11.5 Å². The van der Waals surface area contributed by atoms with Crippen LogP contribution in [0.1, 0.15) is 23.2 Å². The maximum Gasteiger partial charge on any atom is 0.331 e. The molecular weight excluding hydrogens is 380 g/mol. The molecule has 6 nitrogen and oxygen atoms in total. The lowest BCUT2D eigenvalue weighted by atomic mass is 10.2. The summed E-state index contributed by atoms with van der Waals surface area (Å²) in [6.07, 6.45) is 7.61. The Labute approximate surface area is 167 Å². The zero-order valence-corrected chi connectivity index (χ0v) is 16.1. The molecule has 3 aromatic rings. The molecule has 0 saturated carbocycles. The van der Waals surface area contributed by atoms with E-state index in [9.17, 15) is 4.79 Å². The smallest absolute Gasteiger partial charge is 0.331 e. The summed E-state index contributed by atoms with van der Waals surface area (Å²) in [6, 6.07) is 7.43. The molecule has 0 atom stereocenters. The van der Waals surface area contributed by atoms with Gasteiger partial charge in [-0.05, 0) is 42.3 Å². The highest BCUT2D eigenvalue weighted by atomic mass is 35.5. The molecule has 0 unspecified atom stereocenters. The predicted octanol–water partition coefficient (Wildman–Crippen LogP) is 4.21. The van der Waals surface area contributed by atoms with E-state index in [0.717, 1.165) is 23.2 Å². The number of hydrogen-bond donors (Lipinski definition) is 0. The molecule has 0 radical (unpaired) electrons. The van der Waals surface area contributed by atoms with Crippen LogP contribution in [0.2, 0.25) is 5.02 Å². The molecule has 0 fully saturated rings. The van der Waals surface area contributed by atoms with Crippen LogP contribution >= 0.6 is 11.6 Å². The van der Waals surface area contributed by atoms with Crippen LogP contribution in [0.25, 0.3) is 11.7 Å². The number of halogens is 1. The second-order valence-corrected chi connectivity index (χ2v) is 6.93. The van der Waals surface area contributed by atoms with Crippen molar-refractivity contribution in [2.24, 2.45) is 0 Å². The Bertz CT molecular complexity index is 1060. The molecule has 0 bridgehead atoms. The van der Waals surface area contributed by atoms with Crippen molar-refractivity contribution < 1.29 is 19.0 Å². The maximum atomic E-state index is 12.1. The lowest BCUT2D eigenvalue weighted by molar-refractivity contribution is -0.139. The number of carbonyl (C=O) groups is 1. The number of rotatable bonds is 4. The highest BCUT2D eigenvalue weighted by Gasteiger charge is 2.15. The summed E-state index contributed by atoms with van der Waals surface area (Å²) in [7, 11) is 0. The molecule has 0 aliphatic carbocycles. The van der Waals surface area contributed by atoms with E-state index in [4.69, 9.17) is 25.8 Å². The van der Waals surface area contributed by atoms with Gasteiger partial charge < -0.3 is 18.6 Å². The summed E-state index contributed by atoms with van der Waals surface area (Å²) in [5, 5.41) is 0.451. The highest BCUT2D eigenvalue weighted by Crippen LogP contribution is 2.38. The summed E-state index contributed by atoms with van der Waals surface area (Å²) < 4.78 is 18.4. The number of carbonyl (C=O) groups excluding carboxylic acids is 1. The van der Waals surface area contributed by atoms with Gasteiger partial charge in [-0.25, -0.2) is 9.78 Å². The minimum absolute atomic E-state index is 0.103. The number of hydrogen-bond acceptors (Lipinski definition) is 5. The molecular formula is C21H19ClN2O4. The molecule has 7 heteroatoms. The number of esters is 1. The average Bonchev–Trinajstić information content (AvgIpc) is 2.91. The van der Waals surface area contributed by atoms with E-state index in [1.54, 1.807) is 18.2 Å². The highest BCUT2D eigenvalue weighted by molar-refractivity contribution is 6.32. The van der Waals surface area contributed by atoms with Crippen molar-refractivity contribution in [2.45, 2.75) is 20.0 Å². The van der Waals surface area contributed by atoms with Crippen LogP contribution in [-0.2, 0) is 16.1 Å². The van der Waals surface area contributed by atoms with Gasteiger partial charge in [-0.2, -0.15) is 0 Å². The zero-order chi connectivity index (χ0) is 19.5. The first kappa shape index (κ1) is 18.4. The van der Waals surface area contributed by atoms with Crippen molar-refractivity contribution >= 4 is 29.3 Å². The number of aryl methyl sites for hydroxylation is 1. The Morgan fingerprint density at radius 2 is 2.14 bits per heavy atom. The van der Waals surface area contributed by atoms with Crippen LogP contribution in [-0.4, -0.2) is 28.6 Å². The molecule has 1 aliphatic rings. The molecule has 144 valence electrons. The summed E-state index contributed by atoms with van der Waals surface area (Å²) in [4.78, 5) is 16.5. The first-order valence-corrected chi connectivity index (χ1v) is 9.34. The Morgan fingerprint density at radius 1 is 1.29 bits per heavy atom. The van der Waals surface area contributed by atoms with Crippen molar-refractivity contribution in [3.63, 3.8) is 0 Å². The van der Waals surface area contributed by atoms with Crippen molar-refractivity contribution in [3.8, 4) is 11.5 Å². The van der Waals surface area contributed by atoms with Crippen molar-refractivity contribution in [2.75, 3.05) is 13.2 Å². The average molecular weight is 399 g/mol. The molecule has 0 spiro atoms. The van der Waals surface area contributed by atoms with Crippen molar-refractivity contribution in [3.05, 3.63) is 64.6 Å². The summed E-state index contributed by atoms with van der Waals surface area (Å²) >= 11 is 6.26. The third-order valence-electron chi connectivity index (χ3n) is 4.25. The van der Waals surface area contributed by atoms with Crippen LogP contribution in [0.4, 0.5) is 0 Å². The second kappa shape index (κ2) is 7.94. The van der Waals surface area contributed by atoms with Gasteiger partial charge in [0.2, 0.25) is 0 Å². The summed E-state index contributed by atoms with van der Waals surface area (Å²) in [5.74, 6) is 0.662. The van der Waals surface area contributed by atoms with E-state index in [2.05, 4.69) is 4.98 Å². The molecule has 0 N–H and O–H groups in total. The zero-order valence-electron chi connectivity index (χ0n) is 15.4. The van der Waals surface area contributed by atoms with Gasteiger partial charge in [0.1, 0.15) is 12.3 Å². The SMILES string of the molecule is Cc1ccc2nc(COC(=O)/C=C/c3cc(Cl)c4c(c3)OCCCO4)cn2c1. The Balaban J connectivity index is 1.41. The number of benzene rings is 1. The van der Waals surface area contributed by atoms with Gasteiger partial charge in [0.25, 0.3) is 0 Å². The minimum atomic E-state index is -0.462. The molecule has 1 aromatic carbocycles. The normalized spacial score (nSPS) is 13.6. The lowest BCUT2D eigenvalue weighted by Crippen LogP contribution is -2.01. The van der Waals surface area contributed by atoms with Crippen LogP contribution in [0, 0.1) is 6.92 Å². The third-order valence-corrected chi connectivity index (χ3v) is 4.53. The molecule has 0 saturated heterocycles. The third kappa shape index (κ3) is 4.12. The summed E-state index contributed by atoms with van der Waals surface area (Å²) in [5.41, 5.74) is 3.36. The molecule has 2 aromatic heterocycles. The molecule has 0 amide bonds. The molecule has 1 aliphatic heterocycles. The van der Waals surface area contributed by atoms with Gasteiger partial charge >= 0.3 is 5.97 Å². The summed E-state index contributed by atoms with van der Waals surface area (Å²) in [6.45, 7) is 3.25. The second-order valence-electron chi connectivity index (χ2n) is 6.53. The van der Waals surface area contributed by atoms with Crippen molar-refractivity contribution in [1.29, 1.82) is 0 Å². The van der Waals surface area contributed by atoms with E-state index in [-0.39, 0.29) is 6.61 Å². The quantitative estimate of drug-likeness (QED) is 0.486. The van der Waals surface area contributed by atoms with E-state index >= 15 is 0 Å². The van der Waals surface area contributed by atoms with Gasteiger partial charge in [-0.15, -0.1) is 0 Å². The molecule has 3 heterocycles. The van der Waals surface area contributed by atoms with Crippen LogP contribution < -0.4 is 9.47 Å². The fourth-order valence-electron chi connectivity index (χ4n) is 2.93. The van der Waals surface area contributed by atoms with Gasteiger partial charge in [0.05, 0.1) is 23.9 Å². The molecule has 4 rings (SSSR count). The van der Waals surface area contributed by atoms with Crippen molar-refractivity contribution in [1.82, 2.24) is 9.38 Å². The minimum Gasteiger partial charge on any atom is -0.489 e. The monoisotopic (exact) mass is 398 g/mol. The van der Waals surface area contributed by atoms with Gasteiger partial charge in [0.15, 0.2) is 11.5 Å². The number of fused-ring (bicyclic) bond motifs is 2. The first-order valence-electron chi connectivity index (χ1n) is 8.97. The largest absolute Gasteiger partial charge is 0.489 e. The fraction of sp³-hybridized carbons (Fsp3) is 0.238. The number of nitrogens with zero attached hydrogens (tertiary/aromatic N) is 2. The fourth-order valence-corrected chi connectivity index (χ4v) is 3.20. The number of imidazole rings is 1. The van der Waals surface area contributed by atoms with E-state index < -0.39 is 5.97 Å². The predicted molar refractivity (Wildman–Crippen MR) is 106 cm³/mol.